The SMILES string of the molecule is COC(=O)c1ccccc1C(C(=O)O)C(CC(=O)c1ccc(Cl)c(Cl)c1)C(=O)O. The maximum Gasteiger partial charge on any atom is 0.338 e. The Balaban J connectivity index is 2.47. The largest absolute Gasteiger partial charge is 0.481 e. The number of hydrogen-bond acceptors (Lipinski definition) is 5. The number of aliphatic carboxylic acids is 2. The quantitative estimate of drug-likeness (QED) is 0.473. The number of hydrogen-bond donors (Lipinski definition) is 2. The molecule has 0 bridgehead atoms. The lowest BCUT2D eigenvalue weighted by atomic mass is 9.80. The van der Waals surface area contributed by atoms with Gasteiger partial charge < -0.3 is 14.9 Å². The van der Waals surface area contributed by atoms with Crippen LogP contribution in [0.3, 0.4) is 0 Å². The molecule has 9 heteroatoms. The van der Waals surface area contributed by atoms with Crippen LogP contribution in [0.2, 0.25) is 10.0 Å². The average Bonchev–Trinajstić information content (AvgIpc) is 2.68. The van der Waals surface area contributed by atoms with Crippen LogP contribution in [0.25, 0.3) is 0 Å². The third-order valence-corrected chi connectivity index (χ3v) is 5.07. The number of halogens is 2. The molecule has 0 aromatic heterocycles. The van der Waals surface area contributed by atoms with E-state index in [1.807, 2.05) is 0 Å². The molecule has 2 unspecified atom stereocenters. The van der Waals surface area contributed by atoms with Crippen LogP contribution in [-0.4, -0.2) is 41.0 Å². The Morgan fingerprint density at radius 2 is 1.62 bits per heavy atom. The number of ketones is 1. The Kier molecular flexibility index (Phi) is 7.36. The third kappa shape index (κ3) is 5.13. The van der Waals surface area contributed by atoms with E-state index in [2.05, 4.69) is 4.74 Å². The van der Waals surface area contributed by atoms with Crippen LogP contribution in [0.15, 0.2) is 42.5 Å². The van der Waals surface area contributed by atoms with Gasteiger partial charge in [0.05, 0.1) is 34.6 Å². The Morgan fingerprint density at radius 1 is 0.966 bits per heavy atom. The molecular weight excluding hydrogens is 423 g/mol. The van der Waals surface area contributed by atoms with E-state index in [1.165, 1.54) is 42.5 Å². The number of rotatable bonds is 8. The molecule has 0 saturated heterocycles. The van der Waals surface area contributed by atoms with E-state index in [4.69, 9.17) is 23.2 Å². The van der Waals surface area contributed by atoms with Gasteiger partial charge in [-0.25, -0.2) is 4.79 Å². The smallest absolute Gasteiger partial charge is 0.338 e. The topological polar surface area (TPSA) is 118 Å². The highest BCUT2D eigenvalue weighted by molar-refractivity contribution is 6.42. The van der Waals surface area contributed by atoms with E-state index in [1.54, 1.807) is 0 Å². The van der Waals surface area contributed by atoms with E-state index in [0.717, 1.165) is 7.11 Å². The fraction of sp³-hybridized carbons (Fsp3) is 0.200. The summed E-state index contributed by atoms with van der Waals surface area (Å²) in [5.41, 5.74) is -0.0483. The van der Waals surface area contributed by atoms with Crippen molar-refractivity contribution in [2.45, 2.75) is 12.3 Å². The molecule has 0 spiro atoms. The molecular formula is C20H16Cl2O7. The van der Waals surface area contributed by atoms with Gasteiger partial charge in [0.2, 0.25) is 0 Å². The van der Waals surface area contributed by atoms with Crippen LogP contribution in [0.1, 0.15) is 38.6 Å². The molecule has 0 fully saturated rings. The number of Topliss-reactive ketones (excluding diaryl/α,β-unsaturated/α-hetero) is 1. The molecule has 0 amide bonds. The predicted molar refractivity (Wildman–Crippen MR) is 105 cm³/mol. The summed E-state index contributed by atoms with van der Waals surface area (Å²) in [7, 11) is 1.12. The predicted octanol–water partition coefficient (Wildman–Crippen LogP) is 3.92. The lowest BCUT2D eigenvalue weighted by Crippen LogP contribution is -2.31. The van der Waals surface area contributed by atoms with Gasteiger partial charge in [0.25, 0.3) is 0 Å². The van der Waals surface area contributed by atoms with Crippen LogP contribution in [0.5, 0.6) is 0 Å². The highest BCUT2D eigenvalue weighted by Gasteiger charge is 2.39. The lowest BCUT2D eigenvalue weighted by Gasteiger charge is -2.22. The Morgan fingerprint density at radius 3 is 2.17 bits per heavy atom. The molecule has 0 aliphatic carbocycles. The van der Waals surface area contributed by atoms with Gasteiger partial charge >= 0.3 is 17.9 Å². The van der Waals surface area contributed by atoms with Gasteiger partial charge in [0, 0.05) is 12.0 Å². The number of methoxy groups -OCH3 is 1. The second-order valence-electron chi connectivity index (χ2n) is 6.10. The molecule has 0 heterocycles. The summed E-state index contributed by atoms with van der Waals surface area (Å²) in [6.07, 6.45) is -0.625. The van der Waals surface area contributed by atoms with E-state index in [-0.39, 0.29) is 26.7 Å². The Labute approximate surface area is 175 Å². The van der Waals surface area contributed by atoms with Crippen LogP contribution in [0, 0.1) is 5.92 Å². The van der Waals surface area contributed by atoms with Crippen molar-refractivity contribution in [3.8, 4) is 0 Å². The molecule has 29 heavy (non-hydrogen) atoms. The summed E-state index contributed by atoms with van der Waals surface area (Å²) in [5, 5.41) is 19.7. The molecule has 152 valence electrons. The zero-order valence-corrected chi connectivity index (χ0v) is 16.6. The first-order chi connectivity index (χ1) is 13.7. The van der Waals surface area contributed by atoms with Crippen molar-refractivity contribution < 1.29 is 34.1 Å². The Bertz CT molecular complexity index is 971. The zero-order valence-electron chi connectivity index (χ0n) is 15.1. The maximum absolute atomic E-state index is 12.6. The van der Waals surface area contributed by atoms with Gasteiger partial charge in [-0.1, -0.05) is 41.4 Å². The van der Waals surface area contributed by atoms with E-state index in [0.29, 0.717) is 0 Å². The standard InChI is InChI=1S/C20H16Cl2O7/c1-29-20(28)12-5-3-2-4-11(12)17(19(26)27)13(18(24)25)9-16(23)10-6-7-14(21)15(22)8-10/h2-8,13,17H,9H2,1H3,(H,24,25)(H,26,27). The molecule has 0 radical (unpaired) electrons. The lowest BCUT2D eigenvalue weighted by molar-refractivity contribution is -0.150. The molecule has 2 aromatic carbocycles. The molecule has 7 nitrogen and oxygen atoms in total. The van der Waals surface area contributed by atoms with Crippen molar-refractivity contribution in [1.82, 2.24) is 0 Å². The van der Waals surface area contributed by atoms with Crippen molar-refractivity contribution >= 4 is 46.9 Å². The van der Waals surface area contributed by atoms with Gasteiger partial charge in [0.15, 0.2) is 5.78 Å². The number of carbonyl (C=O) groups is 4. The van der Waals surface area contributed by atoms with Crippen molar-refractivity contribution in [2.24, 2.45) is 5.92 Å². The van der Waals surface area contributed by atoms with Crippen LogP contribution in [0.4, 0.5) is 0 Å². The molecule has 2 N–H and O–H groups in total. The fourth-order valence-corrected chi connectivity index (χ4v) is 3.22. The molecule has 0 aliphatic heterocycles. The van der Waals surface area contributed by atoms with Gasteiger partial charge in [0.1, 0.15) is 0 Å². The van der Waals surface area contributed by atoms with Gasteiger partial charge in [-0.3, -0.25) is 14.4 Å². The molecule has 0 saturated carbocycles. The van der Waals surface area contributed by atoms with Crippen LogP contribution >= 0.6 is 23.2 Å². The maximum atomic E-state index is 12.6. The summed E-state index contributed by atoms with van der Waals surface area (Å²) >= 11 is 11.7. The first kappa shape index (κ1) is 22.4. The number of ether oxygens (including phenoxy) is 1. The fourth-order valence-electron chi connectivity index (χ4n) is 2.92. The summed E-state index contributed by atoms with van der Waals surface area (Å²) in [4.78, 5) is 48.5. The first-order valence-corrected chi connectivity index (χ1v) is 9.04. The summed E-state index contributed by atoms with van der Waals surface area (Å²) < 4.78 is 4.65. The first-order valence-electron chi connectivity index (χ1n) is 8.28. The number of esters is 1. The van der Waals surface area contributed by atoms with Crippen molar-refractivity contribution in [2.75, 3.05) is 7.11 Å². The highest BCUT2D eigenvalue weighted by atomic mass is 35.5. The minimum absolute atomic E-state index is 0.0545. The second kappa shape index (κ2) is 9.54. The third-order valence-electron chi connectivity index (χ3n) is 4.33. The molecule has 0 aliphatic rings. The van der Waals surface area contributed by atoms with E-state index < -0.39 is 41.9 Å². The van der Waals surface area contributed by atoms with Crippen molar-refractivity contribution in [3.63, 3.8) is 0 Å². The number of carboxylic acid groups (broad SMARTS) is 2. The average molecular weight is 439 g/mol. The van der Waals surface area contributed by atoms with Crippen molar-refractivity contribution in [1.29, 1.82) is 0 Å². The summed E-state index contributed by atoms with van der Waals surface area (Å²) in [5.74, 6) is -7.72. The van der Waals surface area contributed by atoms with Gasteiger partial charge in [-0.05, 0) is 29.8 Å². The second-order valence-corrected chi connectivity index (χ2v) is 6.91. The minimum Gasteiger partial charge on any atom is -0.481 e. The minimum atomic E-state index is -1.66. The van der Waals surface area contributed by atoms with Gasteiger partial charge in [-0.2, -0.15) is 0 Å². The molecule has 2 atom stereocenters. The summed E-state index contributed by atoms with van der Waals surface area (Å²) in [6.45, 7) is 0. The number of carbonyl (C=O) groups excluding carboxylic acids is 2. The van der Waals surface area contributed by atoms with Crippen molar-refractivity contribution in [3.05, 3.63) is 69.2 Å². The highest BCUT2D eigenvalue weighted by Crippen LogP contribution is 2.32. The monoisotopic (exact) mass is 438 g/mol. The van der Waals surface area contributed by atoms with Gasteiger partial charge in [-0.15, -0.1) is 0 Å². The van der Waals surface area contributed by atoms with E-state index >= 15 is 0 Å². The normalized spacial score (nSPS) is 12.7. The van der Waals surface area contributed by atoms with Crippen LogP contribution < -0.4 is 0 Å². The molecule has 2 rings (SSSR count). The van der Waals surface area contributed by atoms with E-state index in [9.17, 15) is 29.4 Å². The molecule has 2 aromatic rings. The number of benzene rings is 2. The Hall–Kier alpha value is -2.90. The zero-order chi connectivity index (χ0) is 21.7. The number of carboxylic acids is 2. The summed E-state index contributed by atoms with van der Waals surface area (Å²) in [6, 6.07) is 9.65. The van der Waals surface area contributed by atoms with Crippen LogP contribution in [-0.2, 0) is 14.3 Å².